The maximum Gasteiger partial charge on any atom is 0.317 e. The Labute approximate surface area is 147 Å². The van der Waals surface area contributed by atoms with E-state index in [1.807, 2.05) is 42.5 Å². The van der Waals surface area contributed by atoms with E-state index in [0.717, 1.165) is 9.37 Å². The standard InChI is InChI=1S/C17H16BrNO3S/c1-12(17(21)19-14-7-5-6-13(18)10-14)22-16(20)11-23-15-8-3-2-4-9-15/h2-10,12H,11H2,1H3,(H,19,21)/t12-/m0/s1. The molecule has 0 aliphatic heterocycles. The number of amides is 1. The zero-order valence-electron chi connectivity index (χ0n) is 12.5. The molecule has 23 heavy (non-hydrogen) atoms. The lowest BCUT2D eigenvalue weighted by atomic mass is 10.3. The number of hydrogen-bond acceptors (Lipinski definition) is 4. The topological polar surface area (TPSA) is 55.4 Å². The summed E-state index contributed by atoms with van der Waals surface area (Å²) in [6, 6.07) is 16.8. The summed E-state index contributed by atoms with van der Waals surface area (Å²) in [4.78, 5) is 24.8. The van der Waals surface area contributed by atoms with Gasteiger partial charge in [0.15, 0.2) is 6.10 Å². The predicted octanol–water partition coefficient (Wildman–Crippen LogP) is 4.11. The number of esters is 1. The number of halogens is 1. The number of hydrogen-bond donors (Lipinski definition) is 1. The first-order chi connectivity index (χ1) is 11.0. The summed E-state index contributed by atoms with van der Waals surface area (Å²) >= 11 is 4.71. The number of thioether (sulfide) groups is 1. The zero-order chi connectivity index (χ0) is 16.7. The van der Waals surface area contributed by atoms with E-state index in [1.54, 1.807) is 19.1 Å². The molecule has 6 heteroatoms. The highest BCUT2D eigenvalue weighted by atomic mass is 79.9. The average Bonchev–Trinajstić information content (AvgIpc) is 2.54. The van der Waals surface area contributed by atoms with Crippen LogP contribution in [0.25, 0.3) is 0 Å². The van der Waals surface area contributed by atoms with Crippen LogP contribution in [0.3, 0.4) is 0 Å². The molecule has 0 aliphatic rings. The molecule has 1 amide bonds. The highest BCUT2D eigenvalue weighted by Gasteiger charge is 2.18. The largest absolute Gasteiger partial charge is 0.452 e. The maximum absolute atomic E-state index is 12.0. The summed E-state index contributed by atoms with van der Waals surface area (Å²) in [5.74, 6) is -0.615. The minimum Gasteiger partial charge on any atom is -0.452 e. The first-order valence-electron chi connectivity index (χ1n) is 6.98. The molecule has 2 aromatic rings. The van der Waals surface area contributed by atoms with Crippen molar-refractivity contribution in [3.05, 3.63) is 59.1 Å². The van der Waals surface area contributed by atoms with Crippen molar-refractivity contribution in [2.45, 2.75) is 17.9 Å². The van der Waals surface area contributed by atoms with Gasteiger partial charge in [0.2, 0.25) is 0 Å². The van der Waals surface area contributed by atoms with Crippen LogP contribution in [0.1, 0.15) is 6.92 Å². The summed E-state index contributed by atoms with van der Waals surface area (Å²) in [5, 5.41) is 2.71. The second-order valence-corrected chi connectivity index (χ2v) is 6.70. The highest BCUT2D eigenvalue weighted by molar-refractivity contribution is 9.10. The van der Waals surface area contributed by atoms with Gasteiger partial charge in [0, 0.05) is 15.1 Å². The first-order valence-corrected chi connectivity index (χ1v) is 8.76. The molecule has 0 unspecified atom stereocenters. The fourth-order valence-corrected chi connectivity index (χ4v) is 2.86. The normalized spacial score (nSPS) is 11.6. The lowest BCUT2D eigenvalue weighted by molar-refractivity contribution is -0.150. The van der Waals surface area contributed by atoms with E-state index in [1.165, 1.54) is 11.8 Å². The van der Waals surface area contributed by atoms with Crippen molar-refractivity contribution in [2.24, 2.45) is 0 Å². The molecule has 0 radical (unpaired) electrons. The maximum atomic E-state index is 12.0. The molecule has 0 fully saturated rings. The second-order valence-electron chi connectivity index (χ2n) is 4.73. The van der Waals surface area contributed by atoms with Gasteiger partial charge in [-0.2, -0.15) is 0 Å². The lowest BCUT2D eigenvalue weighted by Crippen LogP contribution is -2.30. The van der Waals surface area contributed by atoms with E-state index in [2.05, 4.69) is 21.2 Å². The fraction of sp³-hybridized carbons (Fsp3) is 0.176. The van der Waals surface area contributed by atoms with Crippen molar-refractivity contribution >= 4 is 45.3 Å². The Bertz CT molecular complexity index is 679. The van der Waals surface area contributed by atoms with Gasteiger partial charge in [-0.1, -0.05) is 40.2 Å². The van der Waals surface area contributed by atoms with E-state index in [9.17, 15) is 9.59 Å². The van der Waals surface area contributed by atoms with Crippen LogP contribution in [0, 0.1) is 0 Å². The van der Waals surface area contributed by atoms with E-state index < -0.39 is 12.1 Å². The summed E-state index contributed by atoms with van der Waals surface area (Å²) in [6.07, 6.45) is -0.849. The first kappa shape index (κ1) is 17.6. The van der Waals surface area contributed by atoms with Gasteiger partial charge in [-0.15, -0.1) is 11.8 Å². The Morgan fingerprint density at radius 2 is 1.91 bits per heavy atom. The van der Waals surface area contributed by atoms with Crippen LogP contribution < -0.4 is 5.32 Å². The van der Waals surface area contributed by atoms with Crippen molar-refractivity contribution in [1.82, 2.24) is 0 Å². The van der Waals surface area contributed by atoms with E-state index in [4.69, 9.17) is 4.74 Å². The molecule has 0 heterocycles. The molecule has 120 valence electrons. The summed E-state index contributed by atoms with van der Waals surface area (Å²) in [5.41, 5.74) is 0.644. The molecular weight excluding hydrogens is 378 g/mol. The van der Waals surface area contributed by atoms with Crippen LogP contribution in [0.4, 0.5) is 5.69 Å². The molecule has 1 atom stereocenters. The Hall–Kier alpha value is -1.79. The van der Waals surface area contributed by atoms with Crippen LogP contribution in [-0.4, -0.2) is 23.7 Å². The lowest BCUT2D eigenvalue weighted by Gasteiger charge is -2.13. The molecule has 0 spiro atoms. The van der Waals surface area contributed by atoms with Crippen LogP contribution in [0.2, 0.25) is 0 Å². The van der Waals surface area contributed by atoms with Gasteiger partial charge < -0.3 is 10.1 Å². The monoisotopic (exact) mass is 393 g/mol. The van der Waals surface area contributed by atoms with Gasteiger partial charge in [0.25, 0.3) is 5.91 Å². The van der Waals surface area contributed by atoms with Crippen molar-refractivity contribution in [3.8, 4) is 0 Å². The van der Waals surface area contributed by atoms with Crippen LogP contribution in [0.5, 0.6) is 0 Å². The molecular formula is C17H16BrNO3S. The molecule has 0 saturated heterocycles. The predicted molar refractivity (Wildman–Crippen MR) is 95.5 cm³/mol. The molecule has 0 bridgehead atoms. The smallest absolute Gasteiger partial charge is 0.317 e. The van der Waals surface area contributed by atoms with Crippen LogP contribution in [-0.2, 0) is 14.3 Å². The van der Waals surface area contributed by atoms with Gasteiger partial charge in [-0.05, 0) is 37.3 Å². The number of nitrogens with one attached hydrogen (secondary N) is 1. The minimum absolute atomic E-state index is 0.165. The molecule has 4 nitrogen and oxygen atoms in total. The molecule has 2 rings (SSSR count). The number of anilines is 1. The number of ether oxygens (including phenoxy) is 1. The van der Waals surface area contributed by atoms with Crippen molar-refractivity contribution < 1.29 is 14.3 Å². The van der Waals surface area contributed by atoms with Crippen LogP contribution in [0.15, 0.2) is 64.0 Å². The average molecular weight is 394 g/mol. The van der Waals surface area contributed by atoms with Crippen molar-refractivity contribution in [3.63, 3.8) is 0 Å². The summed E-state index contributed by atoms with van der Waals surface area (Å²) in [7, 11) is 0. The van der Waals surface area contributed by atoms with Gasteiger partial charge in [0.1, 0.15) is 0 Å². The van der Waals surface area contributed by atoms with Gasteiger partial charge in [-0.3, -0.25) is 9.59 Å². The Kier molecular flexibility index (Phi) is 6.67. The molecule has 0 saturated carbocycles. The van der Waals surface area contributed by atoms with Crippen LogP contribution >= 0.6 is 27.7 Å². The highest BCUT2D eigenvalue weighted by Crippen LogP contribution is 2.18. The third kappa shape index (κ3) is 6.08. The van der Waals surface area contributed by atoms with E-state index in [0.29, 0.717) is 5.69 Å². The second kappa shape index (κ2) is 8.74. The fourth-order valence-electron chi connectivity index (χ4n) is 1.75. The SMILES string of the molecule is C[C@H](OC(=O)CSc1ccccc1)C(=O)Nc1cccc(Br)c1. The number of rotatable bonds is 6. The third-order valence-corrected chi connectivity index (χ3v) is 4.35. The summed E-state index contributed by atoms with van der Waals surface area (Å²) < 4.78 is 6.01. The third-order valence-electron chi connectivity index (χ3n) is 2.87. The zero-order valence-corrected chi connectivity index (χ0v) is 14.9. The molecule has 2 aromatic carbocycles. The molecule has 0 aromatic heterocycles. The summed E-state index contributed by atoms with van der Waals surface area (Å²) in [6.45, 7) is 1.55. The van der Waals surface area contributed by atoms with Gasteiger partial charge in [-0.25, -0.2) is 0 Å². The van der Waals surface area contributed by atoms with Gasteiger partial charge in [0.05, 0.1) is 5.75 Å². The van der Waals surface area contributed by atoms with Crippen molar-refractivity contribution in [2.75, 3.05) is 11.1 Å². The van der Waals surface area contributed by atoms with Crippen molar-refractivity contribution in [1.29, 1.82) is 0 Å². The number of benzene rings is 2. The quantitative estimate of drug-likeness (QED) is 0.592. The number of carbonyl (C=O) groups is 2. The Balaban J connectivity index is 1.79. The van der Waals surface area contributed by atoms with E-state index in [-0.39, 0.29) is 11.7 Å². The Morgan fingerprint density at radius 1 is 1.17 bits per heavy atom. The Morgan fingerprint density at radius 3 is 2.61 bits per heavy atom. The molecule has 0 aliphatic carbocycles. The van der Waals surface area contributed by atoms with Gasteiger partial charge >= 0.3 is 5.97 Å². The minimum atomic E-state index is -0.849. The van der Waals surface area contributed by atoms with E-state index >= 15 is 0 Å². The number of carbonyl (C=O) groups excluding carboxylic acids is 2. The molecule has 1 N–H and O–H groups in total.